The third-order valence-electron chi connectivity index (χ3n) is 6.20. The van der Waals surface area contributed by atoms with Gasteiger partial charge in [0.25, 0.3) is 0 Å². The van der Waals surface area contributed by atoms with Crippen molar-refractivity contribution in [3.63, 3.8) is 0 Å². The van der Waals surface area contributed by atoms with Crippen LogP contribution in [0.2, 0.25) is 5.02 Å². The highest BCUT2D eigenvalue weighted by molar-refractivity contribution is 6.30. The lowest BCUT2D eigenvalue weighted by molar-refractivity contribution is -0.136. The highest BCUT2D eigenvalue weighted by Crippen LogP contribution is 2.34. The predicted molar refractivity (Wildman–Crippen MR) is 144 cm³/mol. The molecule has 0 saturated heterocycles. The van der Waals surface area contributed by atoms with Crippen LogP contribution < -0.4 is 5.32 Å². The number of benzene rings is 4. The van der Waals surface area contributed by atoms with Crippen molar-refractivity contribution < 1.29 is 14.3 Å². The lowest BCUT2D eigenvalue weighted by Crippen LogP contribution is -2.22. The summed E-state index contributed by atoms with van der Waals surface area (Å²) in [6.45, 7) is 4.23. The number of aliphatic carboxylic acids is 1. The van der Waals surface area contributed by atoms with E-state index in [4.69, 9.17) is 16.7 Å². The molecule has 4 rings (SSSR count). The maximum atomic E-state index is 14.4. The molecule has 0 saturated carbocycles. The van der Waals surface area contributed by atoms with E-state index < -0.39 is 5.97 Å². The van der Waals surface area contributed by atoms with E-state index in [2.05, 4.69) is 49.5 Å². The Morgan fingerprint density at radius 1 is 0.943 bits per heavy atom. The molecule has 182 valence electrons. The summed E-state index contributed by atoms with van der Waals surface area (Å²) < 4.78 is 14.4. The van der Waals surface area contributed by atoms with E-state index in [0.29, 0.717) is 10.6 Å². The van der Waals surface area contributed by atoms with Crippen LogP contribution in [0.3, 0.4) is 0 Å². The molecule has 0 heterocycles. The Bertz CT molecular complexity index is 1340. The zero-order valence-electron chi connectivity index (χ0n) is 19.6. The summed E-state index contributed by atoms with van der Waals surface area (Å²) in [6, 6.07) is 25.4. The van der Waals surface area contributed by atoms with Gasteiger partial charge in [0.1, 0.15) is 5.82 Å². The van der Waals surface area contributed by atoms with Crippen molar-refractivity contribution >= 4 is 40.7 Å². The Kier molecular flexibility index (Phi) is 8.90. The molecule has 2 atom stereocenters. The van der Waals surface area contributed by atoms with E-state index in [1.165, 1.54) is 6.07 Å². The fourth-order valence-corrected chi connectivity index (χ4v) is 4.54. The first kappa shape index (κ1) is 26.7. The number of carboxylic acid groups (broad SMARTS) is 1. The van der Waals surface area contributed by atoms with Crippen LogP contribution in [-0.4, -0.2) is 11.1 Å². The highest BCUT2D eigenvalue weighted by atomic mass is 35.5. The van der Waals surface area contributed by atoms with Crippen molar-refractivity contribution in [3.05, 3.63) is 106 Å². The zero-order chi connectivity index (χ0) is 24.2. The number of nitrogens with one attached hydrogen (secondary N) is 1. The van der Waals surface area contributed by atoms with E-state index in [-0.39, 0.29) is 43.1 Å². The van der Waals surface area contributed by atoms with Gasteiger partial charge in [-0.3, -0.25) is 4.79 Å². The molecular weight excluding hydrogens is 484 g/mol. The molecule has 0 aliphatic carbocycles. The van der Waals surface area contributed by atoms with Gasteiger partial charge >= 0.3 is 5.97 Å². The van der Waals surface area contributed by atoms with Gasteiger partial charge in [0.05, 0.1) is 0 Å². The van der Waals surface area contributed by atoms with Crippen molar-refractivity contribution in [3.8, 4) is 11.1 Å². The molecule has 0 aliphatic heterocycles. The Balaban J connectivity index is 0.00000342. The average molecular weight is 512 g/mol. The molecule has 0 aromatic heterocycles. The largest absolute Gasteiger partial charge is 0.481 e. The van der Waals surface area contributed by atoms with Gasteiger partial charge in [-0.2, -0.15) is 0 Å². The third-order valence-corrected chi connectivity index (χ3v) is 6.43. The molecule has 0 bridgehead atoms. The second-order valence-corrected chi connectivity index (χ2v) is 9.09. The summed E-state index contributed by atoms with van der Waals surface area (Å²) in [5.74, 6) is -1.32. The monoisotopic (exact) mass is 511 g/mol. The maximum Gasteiger partial charge on any atom is 0.303 e. The maximum absolute atomic E-state index is 14.4. The van der Waals surface area contributed by atoms with Gasteiger partial charge in [-0.15, -0.1) is 12.4 Å². The first-order valence-corrected chi connectivity index (χ1v) is 11.7. The number of carboxylic acids is 1. The van der Waals surface area contributed by atoms with Gasteiger partial charge < -0.3 is 10.4 Å². The van der Waals surface area contributed by atoms with Crippen LogP contribution in [0.5, 0.6) is 0 Å². The number of fused-ring (bicyclic) bond motifs is 1. The second kappa shape index (κ2) is 11.7. The van der Waals surface area contributed by atoms with Crippen molar-refractivity contribution in [2.24, 2.45) is 0 Å². The van der Waals surface area contributed by atoms with Gasteiger partial charge in [0.15, 0.2) is 0 Å². The third kappa shape index (κ3) is 6.40. The van der Waals surface area contributed by atoms with E-state index >= 15 is 0 Å². The number of aryl methyl sites for hydroxylation is 1. The molecule has 4 aromatic rings. The van der Waals surface area contributed by atoms with E-state index in [0.717, 1.165) is 33.0 Å². The summed E-state index contributed by atoms with van der Waals surface area (Å²) in [6.07, 6.45) is 0.0469. The minimum atomic E-state index is -0.939. The fraction of sp³-hybridized carbons (Fsp3) is 0.207. The first-order valence-electron chi connectivity index (χ1n) is 11.4. The first-order chi connectivity index (χ1) is 16.3. The van der Waals surface area contributed by atoms with Gasteiger partial charge in [0.2, 0.25) is 0 Å². The molecule has 35 heavy (non-hydrogen) atoms. The van der Waals surface area contributed by atoms with Crippen molar-refractivity contribution in [1.29, 1.82) is 0 Å². The summed E-state index contributed by atoms with van der Waals surface area (Å²) in [4.78, 5) is 11.0. The van der Waals surface area contributed by atoms with Crippen LogP contribution in [0, 0.1) is 5.82 Å². The average Bonchev–Trinajstić information content (AvgIpc) is 2.82. The molecule has 3 nitrogen and oxygen atoms in total. The van der Waals surface area contributed by atoms with Gasteiger partial charge in [-0.05, 0) is 95.3 Å². The van der Waals surface area contributed by atoms with Gasteiger partial charge in [-0.1, -0.05) is 54.1 Å². The number of rotatable bonds is 8. The van der Waals surface area contributed by atoms with Crippen LogP contribution in [0.25, 0.3) is 21.9 Å². The Labute approximate surface area is 216 Å². The molecule has 2 N–H and O–H groups in total. The molecule has 0 fully saturated rings. The minimum absolute atomic E-state index is 0. The Morgan fingerprint density at radius 3 is 2.43 bits per heavy atom. The standard InChI is InChI=1S/C29H27ClFNO2.ClH/c1-18(20-7-5-8-25(30)16-20)32-19(2)24-15-21-6-3-4-9-26(21)27(17-24)22-10-12-28(31)23(14-22)11-13-29(33)34;/h3-10,12,14-19,32H,11,13H2,1-2H3,(H,33,34);1H/t18-,19?;/m1./s1. The molecule has 0 spiro atoms. The van der Waals surface area contributed by atoms with Crippen molar-refractivity contribution in [2.45, 2.75) is 38.8 Å². The van der Waals surface area contributed by atoms with Gasteiger partial charge in [-0.25, -0.2) is 4.39 Å². The number of halogens is 3. The smallest absolute Gasteiger partial charge is 0.303 e. The Hall–Kier alpha value is -2.92. The molecule has 0 radical (unpaired) electrons. The molecule has 4 aromatic carbocycles. The van der Waals surface area contributed by atoms with Crippen LogP contribution in [-0.2, 0) is 11.2 Å². The van der Waals surface area contributed by atoms with Crippen LogP contribution >= 0.6 is 24.0 Å². The quantitative estimate of drug-likeness (QED) is 0.251. The lowest BCUT2D eigenvalue weighted by Gasteiger charge is -2.22. The number of hydrogen-bond donors (Lipinski definition) is 2. The van der Waals surface area contributed by atoms with Crippen LogP contribution in [0.1, 0.15) is 49.0 Å². The van der Waals surface area contributed by atoms with E-state index in [1.807, 2.05) is 30.3 Å². The molecule has 6 heteroatoms. The normalized spacial score (nSPS) is 12.7. The highest BCUT2D eigenvalue weighted by Gasteiger charge is 2.16. The van der Waals surface area contributed by atoms with Crippen LogP contribution in [0.15, 0.2) is 78.9 Å². The second-order valence-electron chi connectivity index (χ2n) is 8.65. The van der Waals surface area contributed by atoms with Gasteiger partial charge in [0, 0.05) is 23.5 Å². The number of carbonyl (C=O) groups is 1. The lowest BCUT2D eigenvalue weighted by atomic mass is 9.92. The molecule has 0 aliphatic rings. The fourth-order valence-electron chi connectivity index (χ4n) is 4.34. The molecular formula is C29H28Cl2FNO2. The predicted octanol–water partition coefficient (Wildman–Crippen LogP) is 8.15. The van der Waals surface area contributed by atoms with Crippen LogP contribution in [0.4, 0.5) is 4.39 Å². The SMILES string of the molecule is CC(N[C@H](C)c1cccc(Cl)c1)c1cc(-c2ccc(F)c(CCC(=O)O)c2)c2ccccc2c1.Cl. The van der Waals surface area contributed by atoms with Crippen molar-refractivity contribution in [2.75, 3.05) is 0 Å². The van der Waals surface area contributed by atoms with E-state index in [9.17, 15) is 9.18 Å². The zero-order valence-corrected chi connectivity index (χ0v) is 21.2. The summed E-state index contributed by atoms with van der Waals surface area (Å²) >= 11 is 6.17. The minimum Gasteiger partial charge on any atom is -0.481 e. The molecule has 0 amide bonds. The van der Waals surface area contributed by atoms with E-state index in [1.54, 1.807) is 12.1 Å². The Morgan fingerprint density at radius 2 is 1.69 bits per heavy atom. The summed E-state index contributed by atoms with van der Waals surface area (Å²) in [5, 5.41) is 15.5. The number of hydrogen-bond acceptors (Lipinski definition) is 2. The molecule has 1 unspecified atom stereocenters. The summed E-state index contributed by atoms with van der Waals surface area (Å²) in [7, 11) is 0. The topological polar surface area (TPSA) is 49.3 Å². The van der Waals surface area contributed by atoms with Crippen molar-refractivity contribution in [1.82, 2.24) is 5.32 Å². The summed E-state index contributed by atoms with van der Waals surface area (Å²) in [5.41, 5.74) is 4.50.